The largest absolute Gasteiger partial charge is 0.341 e. The minimum Gasteiger partial charge on any atom is -0.126 e. The summed E-state index contributed by atoms with van der Waals surface area (Å²) in [6, 6.07) is -0.216. The first-order valence-corrected chi connectivity index (χ1v) is 25.5. The molecule has 0 saturated carbocycles. The van der Waals surface area contributed by atoms with Crippen LogP contribution in [0, 0.1) is 0 Å². The first kappa shape index (κ1) is 32.9. The second-order valence-corrected chi connectivity index (χ2v) is 40.4. The summed E-state index contributed by atoms with van der Waals surface area (Å²) in [5.74, 6) is 0. The van der Waals surface area contributed by atoms with Gasteiger partial charge in [0.1, 0.15) is 0 Å². The summed E-state index contributed by atoms with van der Waals surface area (Å²) in [6.45, 7) is 4.51. The van der Waals surface area contributed by atoms with Crippen LogP contribution in [-0.4, -0.2) is 9.93 Å². The summed E-state index contributed by atoms with van der Waals surface area (Å²) >= 11 is 28.3. The molecule has 0 aromatic carbocycles. The zero-order valence-electron chi connectivity index (χ0n) is 18.0. The van der Waals surface area contributed by atoms with E-state index in [9.17, 15) is 0 Å². The zero-order chi connectivity index (χ0) is 21.7. The van der Waals surface area contributed by atoms with Crippen LogP contribution in [0.2, 0.25) is 12.1 Å². The highest BCUT2D eigenvalue weighted by Gasteiger charge is 2.23. The molecule has 0 atom stereocenters. The van der Waals surface area contributed by atoms with Crippen molar-refractivity contribution in [2.24, 2.45) is 0 Å². The summed E-state index contributed by atoms with van der Waals surface area (Å²) < 4.78 is -1.30. The fraction of sp³-hybridized carbons (Fsp3) is 1.00. The normalized spacial score (nSPS) is 12.0. The Morgan fingerprint density at radius 2 is 0.750 bits per heavy atom. The van der Waals surface area contributed by atoms with Gasteiger partial charge in [-0.05, 0) is 12.1 Å². The van der Waals surface area contributed by atoms with Crippen LogP contribution < -0.4 is 0 Å². The molecule has 0 rings (SSSR count). The van der Waals surface area contributed by atoms with Crippen molar-refractivity contribution in [3.8, 4) is 0 Å². The van der Waals surface area contributed by atoms with E-state index in [1.807, 2.05) is 0 Å². The molecule has 8 heteroatoms. The standard InChI is InChI=1S/C10H21Br3Si.C10H21Cl3Si/c2*1-2-3-4-5-6-7-8-9-10-14(11,12)13/h2*2-10H2,1H3. The third kappa shape index (κ3) is 36.1. The van der Waals surface area contributed by atoms with Crippen LogP contribution in [0.1, 0.15) is 117 Å². The molecule has 28 heavy (non-hydrogen) atoms. The van der Waals surface area contributed by atoms with Crippen molar-refractivity contribution in [2.45, 2.75) is 129 Å². The number of halogens is 6. The molecule has 0 aliphatic carbocycles. The molecule has 0 aliphatic rings. The van der Waals surface area contributed by atoms with Crippen molar-refractivity contribution in [1.82, 2.24) is 0 Å². The van der Waals surface area contributed by atoms with E-state index < -0.39 is 9.93 Å². The fourth-order valence-electron chi connectivity index (χ4n) is 2.92. The number of hydrogen-bond donors (Lipinski definition) is 0. The molecule has 0 bridgehead atoms. The van der Waals surface area contributed by atoms with Gasteiger partial charge in [0.05, 0.1) is 0 Å². The molecule has 0 nitrogen and oxygen atoms in total. The highest BCUT2D eigenvalue weighted by atomic mass is 80.0. The van der Waals surface area contributed by atoms with E-state index in [2.05, 4.69) is 59.7 Å². The maximum absolute atomic E-state index is 5.78. The Labute approximate surface area is 215 Å². The molecule has 0 unspecified atom stereocenters. The van der Waals surface area contributed by atoms with Gasteiger partial charge in [-0.1, -0.05) is 162 Å². The maximum atomic E-state index is 5.78. The minimum atomic E-state index is -2.32. The average molecular weight is 685 g/mol. The molecule has 0 heterocycles. The van der Waals surface area contributed by atoms with E-state index in [1.54, 1.807) is 0 Å². The van der Waals surface area contributed by atoms with Gasteiger partial charge in [-0.3, -0.25) is 0 Å². The lowest BCUT2D eigenvalue weighted by Gasteiger charge is -2.08. The zero-order valence-corrected chi connectivity index (χ0v) is 27.0. The molecular formula is C20H42Br3Cl3Si2. The van der Waals surface area contributed by atoms with Crippen LogP contribution >= 0.6 is 79.1 Å². The van der Waals surface area contributed by atoms with Crippen LogP contribution in [0.4, 0.5) is 0 Å². The van der Waals surface area contributed by atoms with E-state index >= 15 is 0 Å². The van der Waals surface area contributed by atoms with Crippen LogP contribution in [0.15, 0.2) is 0 Å². The number of hydrogen-bond acceptors (Lipinski definition) is 0. The van der Waals surface area contributed by atoms with Gasteiger partial charge in [0.25, 0.3) is 3.93 Å². The SMILES string of the molecule is CCCCCCCCCC[Si](Br)(Br)Br.CCCCCCCCCC[Si](Cl)(Cl)Cl. The lowest BCUT2D eigenvalue weighted by Crippen LogP contribution is -2.07. The van der Waals surface area contributed by atoms with Crippen molar-refractivity contribution in [3.05, 3.63) is 0 Å². The van der Waals surface area contributed by atoms with Gasteiger partial charge in [0.15, 0.2) is 0 Å². The van der Waals surface area contributed by atoms with Gasteiger partial charge >= 0.3 is 6.00 Å². The molecule has 0 aliphatic heterocycles. The van der Waals surface area contributed by atoms with Crippen LogP contribution in [-0.2, 0) is 0 Å². The Balaban J connectivity index is 0. The molecule has 0 aromatic rings. The summed E-state index contributed by atoms with van der Waals surface area (Å²) in [5.41, 5.74) is 0. The Morgan fingerprint density at radius 3 is 1.04 bits per heavy atom. The highest BCUT2D eigenvalue weighted by Crippen LogP contribution is 2.33. The number of rotatable bonds is 18. The topological polar surface area (TPSA) is 0 Å². The molecule has 0 radical (unpaired) electrons. The second kappa shape index (κ2) is 22.9. The maximum Gasteiger partial charge on any atom is 0.341 e. The molecule has 0 saturated heterocycles. The summed E-state index contributed by atoms with van der Waals surface area (Å²) in [4.78, 5) is 0. The lowest BCUT2D eigenvalue weighted by atomic mass is 10.1. The summed E-state index contributed by atoms with van der Waals surface area (Å²) in [7, 11) is 0. The predicted octanol–water partition coefficient (Wildman–Crippen LogP) is 12.0. The van der Waals surface area contributed by atoms with Crippen molar-refractivity contribution >= 4 is 89.0 Å². The van der Waals surface area contributed by atoms with Crippen LogP contribution in [0.5, 0.6) is 0 Å². The summed E-state index contributed by atoms with van der Waals surface area (Å²) in [5, 5.41) is 0. The van der Waals surface area contributed by atoms with E-state index in [4.69, 9.17) is 33.2 Å². The second-order valence-electron chi connectivity index (χ2n) is 7.68. The Kier molecular flexibility index (Phi) is 26.9. The first-order chi connectivity index (χ1) is 13.1. The van der Waals surface area contributed by atoms with Gasteiger partial charge in [-0.2, -0.15) is 0 Å². The van der Waals surface area contributed by atoms with Crippen LogP contribution in [0.25, 0.3) is 0 Å². The number of unbranched alkanes of at least 4 members (excludes halogenated alkanes) is 14. The van der Waals surface area contributed by atoms with E-state index in [0.29, 0.717) is 0 Å². The first-order valence-electron chi connectivity index (χ1n) is 11.3. The molecule has 0 amide bonds. The molecule has 0 aromatic heterocycles. The average Bonchev–Trinajstić information content (AvgIpc) is 2.58. The smallest absolute Gasteiger partial charge is 0.126 e. The predicted molar refractivity (Wildman–Crippen MR) is 151 cm³/mol. The van der Waals surface area contributed by atoms with Crippen molar-refractivity contribution in [2.75, 3.05) is 0 Å². The van der Waals surface area contributed by atoms with Gasteiger partial charge in [0.2, 0.25) is 0 Å². The Morgan fingerprint density at radius 1 is 0.464 bits per heavy atom. The third-order valence-corrected chi connectivity index (χ3v) is 11.7. The monoisotopic (exact) mass is 680 g/mol. The molecule has 0 spiro atoms. The van der Waals surface area contributed by atoms with Gasteiger partial charge < -0.3 is 0 Å². The minimum absolute atomic E-state index is 0.826. The van der Waals surface area contributed by atoms with Crippen molar-refractivity contribution < 1.29 is 0 Å². The third-order valence-electron chi connectivity index (χ3n) is 4.63. The highest BCUT2D eigenvalue weighted by molar-refractivity contribution is 9.72. The van der Waals surface area contributed by atoms with E-state index in [-0.39, 0.29) is 0 Å². The quantitative estimate of drug-likeness (QED) is 0.0766. The molecular weight excluding hydrogens is 642 g/mol. The van der Waals surface area contributed by atoms with Crippen LogP contribution in [0.3, 0.4) is 0 Å². The van der Waals surface area contributed by atoms with E-state index in [1.165, 1.54) is 102 Å². The van der Waals surface area contributed by atoms with Gasteiger partial charge in [-0.15, -0.1) is 33.2 Å². The van der Waals surface area contributed by atoms with E-state index in [0.717, 1.165) is 12.5 Å². The molecule has 0 fully saturated rings. The fourth-order valence-corrected chi connectivity index (χ4v) is 7.95. The van der Waals surface area contributed by atoms with Gasteiger partial charge in [0, 0.05) is 0 Å². The Bertz CT molecular complexity index is 282. The summed E-state index contributed by atoms with van der Waals surface area (Å²) in [6.07, 6.45) is 21.7. The molecule has 172 valence electrons. The Hall–Kier alpha value is 2.74. The lowest BCUT2D eigenvalue weighted by molar-refractivity contribution is 0.585. The van der Waals surface area contributed by atoms with Gasteiger partial charge in [-0.25, -0.2) is 0 Å². The molecule has 0 N–H and O–H groups in total. The van der Waals surface area contributed by atoms with Crippen molar-refractivity contribution in [1.29, 1.82) is 0 Å². The van der Waals surface area contributed by atoms with Crippen molar-refractivity contribution in [3.63, 3.8) is 0 Å².